The smallest absolute Gasteiger partial charge is 0.244 e. The Bertz CT molecular complexity index is 1040. The van der Waals surface area contributed by atoms with Crippen molar-refractivity contribution in [1.29, 1.82) is 0 Å². The van der Waals surface area contributed by atoms with Gasteiger partial charge in [0.1, 0.15) is 18.1 Å². The molecule has 7 heteroatoms. The second kappa shape index (κ2) is 11.4. The highest BCUT2D eigenvalue weighted by atomic mass is 35.5. The minimum Gasteiger partial charge on any atom is -0.494 e. The molecule has 1 amide bonds. The predicted octanol–water partition coefficient (Wildman–Crippen LogP) is 5.66. The van der Waals surface area contributed by atoms with E-state index in [4.69, 9.17) is 32.7 Å². The predicted molar refractivity (Wildman–Crippen MR) is 124 cm³/mol. The first-order chi connectivity index (χ1) is 15.0. The van der Waals surface area contributed by atoms with Crippen LogP contribution in [-0.4, -0.2) is 18.7 Å². The van der Waals surface area contributed by atoms with Crippen LogP contribution in [0.15, 0.2) is 71.8 Å². The number of amides is 1. The molecule has 0 aliphatic rings. The molecular weight excluding hydrogens is 435 g/mol. The first-order valence-corrected chi connectivity index (χ1v) is 10.5. The van der Waals surface area contributed by atoms with E-state index in [2.05, 4.69) is 10.5 Å². The van der Waals surface area contributed by atoms with Crippen molar-refractivity contribution in [3.05, 3.63) is 93.5 Å². The van der Waals surface area contributed by atoms with Crippen molar-refractivity contribution in [2.24, 2.45) is 5.10 Å². The summed E-state index contributed by atoms with van der Waals surface area (Å²) in [6.07, 6.45) is 1.72. The van der Waals surface area contributed by atoms with Gasteiger partial charge in [0.05, 0.1) is 19.2 Å². The van der Waals surface area contributed by atoms with Crippen LogP contribution in [0.5, 0.6) is 11.5 Å². The van der Waals surface area contributed by atoms with Crippen molar-refractivity contribution >= 4 is 35.3 Å². The van der Waals surface area contributed by atoms with Gasteiger partial charge in [-0.15, -0.1) is 0 Å². The molecule has 0 spiro atoms. The highest BCUT2D eigenvalue weighted by molar-refractivity contribution is 6.31. The van der Waals surface area contributed by atoms with Crippen LogP contribution in [0.25, 0.3) is 0 Å². The van der Waals surface area contributed by atoms with Crippen LogP contribution in [0.1, 0.15) is 23.6 Å². The van der Waals surface area contributed by atoms with E-state index in [1.165, 1.54) is 6.21 Å². The number of hydrazone groups is 1. The lowest BCUT2D eigenvalue weighted by molar-refractivity contribution is -0.120. The number of hydrogen-bond acceptors (Lipinski definition) is 4. The summed E-state index contributed by atoms with van der Waals surface area (Å²) >= 11 is 12.0. The Hall–Kier alpha value is -3.02. The van der Waals surface area contributed by atoms with Crippen molar-refractivity contribution in [3.63, 3.8) is 0 Å². The van der Waals surface area contributed by atoms with Gasteiger partial charge in [-0.25, -0.2) is 5.43 Å². The van der Waals surface area contributed by atoms with Crippen LogP contribution in [0.2, 0.25) is 10.0 Å². The summed E-state index contributed by atoms with van der Waals surface area (Å²) in [4.78, 5) is 12.2. The van der Waals surface area contributed by atoms with E-state index in [0.717, 1.165) is 16.9 Å². The quantitative estimate of drug-likeness (QED) is 0.333. The minimum atomic E-state index is -0.230. The van der Waals surface area contributed by atoms with Crippen molar-refractivity contribution in [2.75, 3.05) is 6.61 Å². The van der Waals surface area contributed by atoms with Crippen LogP contribution in [0, 0.1) is 0 Å². The number of nitrogens with zero attached hydrogens (tertiary/aromatic N) is 1. The molecule has 5 nitrogen and oxygen atoms in total. The molecule has 0 heterocycles. The van der Waals surface area contributed by atoms with Gasteiger partial charge in [-0.2, -0.15) is 5.10 Å². The third-order valence-electron chi connectivity index (χ3n) is 4.27. The number of ether oxygens (including phenoxy) is 2. The van der Waals surface area contributed by atoms with Crippen molar-refractivity contribution in [3.8, 4) is 11.5 Å². The van der Waals surface area contributed by atoms with E-state index < -0.39 is 0 Å². The first-order valence-electron chi connectivity index (χ1n) is 9.74. The van der Waals surface area contributed by atoms with Crippen LogP contribution >= 0.6 is 23.2 Å². The van der Waals surface area contributed by atoms with E-state index in [9.17, 15) is 4.79 Å². The molecule has 0 saturated carbocycles. The van der Waals surface area contributed by atoms with E-state index in [1.54, 1.807) is 18.2 Å². The van der Waals surface area contributed by atoms with Gasteiger partial charge in [0.2, 0.25) is 5.91 Å². The fourth-order valence-electron chi connectivity index (χ4n) is 2.76. The summed E-state index contributed by atoms with van der Waals surface area (Å²) < 4.78 is 11.3. The SMILES string of the molecule is CCOc1ccc(CC(=O)N/N=C\c2cc(Cl)ccc2OCc2ccc(Cl)cc2)cc1. The molecule has 160 valence electrons. The molecular formula is C24H22Cl2N2O3. The molecule has 3 aromatic carbocycles. The standard InChI is InChI=1S/C24H22Cl2N2O3/c1-2-30-22-10-5-17(6-11-22)13-24(29)28-27-15-19-14-21(26)9-12-23(19)31-16-18-3-7-20(25)8-4-18/h3-12,14-15H,2,13,16H2,1H3,(H,28,29)/b27-15-. The average molecular weight is 457 g/mol. The molecule has 31 heavy (non-hydrogen) atoms. The molecule has 0 radical (unpaired) electrons. The Balaban J connectivity index is 1.58. The van der Waals surface area contributed by atoms with Gasteiger partial charge >= 0.3 is 0 Å². The monoisotopic (exact) mass is 456 g/mol. The molecule has 0 aromatic heterocycles. The maximum Gasteiger partial charge on any atom is 0.244 e. The van der Waals surface area contributed by atoms with Gasteiger partial charge in [-0.3, -0.25) is 4.79 Å². The molecule has 1 N–H and O–H groups in total. The van der Waals surface area contributed by atoms with Gasteiger partial charge in [-0.05, 0) is 60.5 Å². The zero-order chi connectivity index (χ0) is 22.1. The Labute approximate surface area is 191 Å². The van der Waals surface area contributed by atoms with Gasteiger partial charge in [-0.1, -0.05) is 47.5 Å². The van der Waals surface area contributed by atoms with Gasteiger partial charge in [0.25, 0.3) is 0 Å². The van der Waals surface area contributed by atoms with E-state index >= 15 is 0 Å². The molecule has 3 aromatic rings. The Morgan fingerprint density at radius 1 is 0.935 bits per heavy atom. The maximum absolute atomic E-state index is 12.2. The van der Waals surface area contributed by atoms with E-state index in [1.807, 2.05) is 55.5 Å². The van der Waals surface area contributed by atoms with Crippen molar-refractivity contribution in [2.45, 2.75) is 20.0 Å². The van der Waals surface area contributed by atoms with Gasteiger partial charge in [0, 0.05) is 15.6 Å². The fourth-order valence-corrected chi connectivity index (χ4v) is 3.07. The summed E-state index contributed by atoms with van der Waals surface area (Å²) in [6.45, 7) is 2.89. The Morgan fingerprint density at radius 3 is 2.32 bits per heavy atom. The van der Waals surface area contributed by atoms with Crippen molar-refractivity contribution < 1.29 is 14.3 Å². The van der Waals surface area contributed by atoms with Crippen LogP contribution in [0.4, 0.5) is 0 Å². The highest BCUT2D eigenvalue weighted by Crippen LogP contribution is 2.23. The Kier molecular flexibility index (Phi) is 8.33. The van der Waals surface area contributed by atoms with Crippen LogP contribution < -0.4 is 14.9 Å². The number of carbonyl (C=O) groups is 1. The molecule has 3 rings (SSSR count). The number of halogens is 2. The number of carbonyl (C=O) groups excluding carboxylic acids is 1. The number of benzene rings is 3. The summed E-state index contributed by atoms with van der Waals surface area (Å²) in [6, 6.07) is 20.0. The summed E-state index contributed by atoms with van der Waals surface area (Å²) in [7, 11) is 0. The molecule has 0 fully saturated rings. The summed E-state index contributed by atoms with van der Waals surface area (Å²) in [5.41, 5.74) is 5.03. The molecule has 0 aliphatic heterocycles. The lowest BCUT2D eigenvalue weighted by Gasteiger charge is -2.10. The number of hydrogen-bond donors (Lipinski definition) is 1. The molecule has 0 unspecified atom stereocenters. The lowest BCUT2D eigenvalue weighted by Crippen LogP contribution is -2.19. The zero-order valence-electron chi connectivity index (χ0n) is 17.0. The van der Waals surface area contributed by atoms with Crippen LogP contribution in [-0.2, 0) is 17.8 Å². The molecule has 0 aliphatic carbocycles. The minimum absolute atomic E-state index is 0.208. The van der Waals surface area contributed by atoms with Crippen LogP contribution in [0.3, 0.4) is 0 Å². The normalized spacial score (nSPS) is 10.8. The average Bonchev–Trinajstić information content (AvgIpc) is 2.76. The number of rotatable bonds is 9. The van der Waals surface area contributed by atoms with E-state index in [-0.39, 0.29) is 12.3 Å². The maximum atomic E-state index is 12.2. The largest absolute Gasteiger partial charge is 0.494 e. The third kappa shape index (κ3) is 7.31. The Morgan fingerprint density at radius 2 is 1.61 bits per heavy atom. The highest BCUT2D eigenvalue weighted by Gasteiger charge is 2.06. The second-order valence-corrected chi connectivity index (χ2v) is 7.52. The number of nitrogens with one attached hydrogen (secondary N) is 1. The second-order valence-electron chi connectivity index (χ2n) is 6.64. The molecule has 0 saturated heterocycles. The zero-order valence-corrected chi connectivity index (χ0v) is 18.5. The topological polar surface area (TPSA) is 59.9 Å². The van der Waals surface area contributed by atoms with E-state index in [0.29, 0.717) is 34.6 Å². The third-order valence-corrected chi connectivity index (χ3v) is 4.76. The van der Waals surface area contributed by atoms with Gasteiger partial charge < -0.3 is 9.47 Å². The van der Waals surface area contributed by atoms with Gasteiger partial charge in [0.15, 0.2) is 0 Å². The summed E-state index contributed by atoms with van der Waals surface area (Å²) in [5, 5.41) is 5.26. The lowest BCUT2D eigenvalue weighted by atomic mass is 10.1. The fraction of sp³-hybridized carbons (Fsp3) is 0.167. The molecule has 0 bridgehead atoms. The first kappa shape index (κ1) is 22.7. The summed E-state index contributed by atoms with van der Waals surface area (Å²) in [5.74, 6) is 1.15. The molecule has 0 atom stereocenters. The van der Waals surface area contributed by atoms with Crippen molar-refractivity contribution in [1.82, 2.24) is 5.43 Å².